The molecule has 0 bridgehead atoms. The third kappa shape index (κ3) is 7.93. The van der Waals surface area contributed by atoms with Gasteiger partial charge in [-0.05, 0) is 53.8 Å². The van der Waals surface area contributed by atoms with Gasteiger partial charge in [0.25, 0.3) is 0 Å². The molecule has 2 saturated heterocycles. The zero-order chi connectivity index (χ0) is 30.0. The molecule has 2 aliphatic rings. The number of methoxy groups -OCH3 is 4. The fraction of sp³-hybridized carbons (Fsp3) is 0.412. The van der Waals surface area contributed by atoms with Gasteiger partial charge in [-0.15, -0.1) is 0 Å². The van der Waals surface area contributed by atoms with Gasteiger partial charge in [0.15, 0.2) is 29.3 Å². The van der Waals surface area contributed by atoms with Crippen LogP contribution < -0.4 is 28.4 Å². The van der Waals surface area contributed by atoms with Gasteiger partial charge >= 0.3 is 0 Å². The first-order valence-electron chi connectivity index (χ1n) is 14.5. The molecule has 1 unspecified atom stereocenters. The standard InChI is InChI=1S/C34H40O9/c1-35-26-17-24(18-27(36-2)33(26)42-21-23-11-6-5-7-12-23)13-10-16-40-32(30-22-41-30)25-19-28(37-3)34(29(20-25)38-4)43-31-14-8-9-15-39-31/h5-7,10-13,17-20,30-32H,8-9,14-16,21-22H2,1-4H3/b13-10+/t30-,31?,32-/m0/s1. The average molecular weight is 593 g/mol. The molecule has 3 aromatic rings. The first kappa shape index (κ1) is 30.5. The van der Waals surface area contributed by atoms with Crippen LogP contribution in [0.5, 0.6) is 34.5 Å². The predicted molar refractivity (Wildman–Crippen MR) is 162 cm³/mol. The maximum atomic E-state index is 6.31. The maximum Gasteiger partial charge on any atom is 0.206 e. The Bertz CT molecular complexity index is 1300. The van der Waals surface area contributed by atoms with E-state index in [1.807, 2.05) is 66.7 Å². The monoisotopic (exact) mass is 592 g/mol. The third-order valence-electron chi connectivity index (χ3n) is 7.29. The van der Waals surface area contributed by atoms with Gasteiger partial charge < -0.3 is 42.6 Å². The fourth-order valence-electron chi connectivity index (χ4n) is 4.98. The maximum absolute atomic E-state index is 6.31. The summed E-state index contributed by atoms with van der Waals surface area (Å²) < 4.78 is 52.6. The van der Waals surface area contributed by atoms with E-state index in [1.54, 1.807) is 28.4 Å². The number of hydrogen-bond acceptors (Lipinski definition) is 9. The topological polar surface area (TPSA) is 86.4 Å². The van der Waals surface area contributed by atoms with Gasteiger partial charge in [0.05, 0.1) is 48.3 Å². The minimum absolute atomic E-state index is 0.0579. The number of ether oxygens (including phenoxy) is 9. The number of benzene rings is 3. The third-order valence-corrected chi connectivity index (χ3v) is 7.29. The largest absolute Gasteiger partial charge is 0.493 e. The molecule has 0 spiro atoms. The lowest BCUT2D eigenvalue weighted by Crippen LogP contribution is -2.25. The Balaban J connectivity index is 1.27. The van der Waals surface area contributed by atoms with Gasteiger partial charge in [-0.25, -0.2) is 0 Å². The lowest BCUT2D eigenvalue weighted by Gasteiger charge is -2.26. The summed E-state index contributed by atoms with van der Waals surface area (Å²) in [4.78, 5) is 0. The Labute approximate surface area is 253 Å². The average Bonchev–Trinajstić information content (AvgIpc) is 3.90. The molecule has 0 N–H and O–H groups in total. The Morgan fingerprint density at radius 1 is 0.814 bits per heavy atom. The van der Waals surface area contributed by atoms with Crippen molar-refractivity contribution in [2.75, 3.05) is 48.3 Å². The first-order chi connectivity index (χ1) is 21.1. The molecule has 0 amide bonds. The molecule has 2 fully saturated rings. The van der Waals surface area contributed by atoms with Gasteiger partial charge in [-0.3, -0.25) is 0 Å². The molecular weight excluding hydrogens is 552 g/mol. The summed E-state index contributed by atoms with van der Waals surface area (Å²) in [7, 11) is 6.45. The summed E-state index contributed by atoms with van der Waals surface area (Å²) in [6, 6.07) is 17.6. The lowest BCUT2D eigenvalue weighted by atomic mass is 10.0. The van der Waals surface area contributed by atoms with Gasteiger partial charge in [0.2, 0.25) is 11.5 Å². The second-order valence-electron chi connectivity index (χ2n) is 10.2. The normalized spacial score (nSPS) is 18.6. The molecular formula is C34H40O9. The Morgan fingerprint density at radius 2 is 1.47 bits per heavy atom. The van der Waals surface area contributed by atoms with E-state index in [0.29, 0.717) is 60.9 Å². The van der Waals surface area contributed by atoms with Crippen LogP contribution in [0.1, 0.15) is 42.1 Å². The number of rotatable bonds is 15. The molecule has 5 rings (SSSR count). The molecule has 3 aromatic carbocycles. The van der Waals surface area contributed by atoms with Crippen LogP contribution in [0.15, 0.2) is 60.7 Å². The lowest BCUT2D eigenvalue weighted by molar-refractivity contribution is -0.107. The highest BCUT2D eigenvalue weighted by molar-refractivity contribution is 5.62. The molecule has 230 valence electrons. The number of epoxide rings is 1. The molecule has 0 aliphatic carbocycles. The zero-order valence-electron chi connectivity index (χ0n) is 25.2. The molecule has 43 heavy (non-hydrogen) atoms. The zero-order valence-corrected chi connectivity index (χ0v) is 25.2. The fourth-order valence-corrected chi connectivity index (χ4v) is 4.98. The summed E-state index contributed by atoms with van der Waals surface area (Å²) in [5.74, 6) is 3.36. The molecule has 9 heteroatoms. The van der Waals surface area contributed by atoms with E-state index in [0.717, 1.165) is 36.0 Å². The van der Waals surface area contributed by atoms with Crippen molar-refractivity contribution in [2.45, 2.75) is 44.4 Å². The van der Waals surface area contributed by atoms with E-state index in [2.05, 4.69) is 0 Å². The summed E-state index contributed by atoms with van der Waals surface area (Å²) >= 11 is 0. The Kier molecular flexibility index (Phi) is 10.7. The van der Waals surface area contributed by atoms with Crippen molar-refractivity contribution in [2.24, 2.45) is 0 Å². The molecule has 3 atom stereocenters. The van der Waals surface area contributed by atoms with Gasteiger partial charge in [0, 0.05) is 6.42 Å². The molecule has 0 saturated carbocycles. The van der Waals surface area contributed by atoms with Crippen molar-refractivity contribution in [3.8, 4) is 34.5 Å². The SMILES string of the molecule is COc1cc(/C=C/CO[C@@H](c2cc(OC)c(OC3CCCCO3)c(OC)c2)[C@@H]2CO2)cc(OC)c1OCc1ccccc1. The summed E-state index contributed by atoms with van der Waals surface area (Å²) in [5, 5.41) is 0. The van der Waals surface area contributed by atoms with Crippen LogP contribution >= 0.6 is 0 Å². The van der Waals surface area contributed by atoms with Crippen LogP contribution in [0.3, 0.4) is 0 Å². The second-order valence-corrected chi connectivity index (χ2v) is 10.2. The smallest absolute Gasteiger partial charge is 0.206 e. The van der Waals surface area contributed by atoms with Crippen molar-refractivity contribution in [1.82, 2.24) is 0 Å². The second kappa shape index (κ2) is 15.0. The molecule has 2 heterocycles. The van der Waals surface area contributed by atoms with Crippen LogP contribution in [0.2, 0.25) is 0 Å². The van der Waals surface area contributed by atoms with Crippen LogP contribution in [0.4, 0.5) is 0 Å². The molecule has 2 aliphatic heterocycles. The predicted octanol–water partition coefficient (Wildman–Crippen LogP) is 6.38. The molecule has 0 radical (unpaired) electrons. The minimum atomic E-state index is -0.326. The summed E-state index contributed by atoms with van der Waals surface area (Å²) in [6.45, 7) is 2.05. The number of hydrogen-bond donors (Lipinski definition) is 0. The molecule has 0 aromatic heterocycles. The van der Waals surface area contributed by atoms with Gasteiger partial charge in [-0.1, -0.05) is 42.5 Å². The quantitative estimate of drug-likeness (QED) is 0.187. The van der Waals surface area contributed by atoms with Crippen LogP contribution in [0, 0.1) is 0 Å². The minimum Gasteiger partial charge on any atom is -0.493 e. The highest BCUT2D eigenvalue weighted by atomic mass is 16.7. The first-order valence-corrected chi connectivity index (χ1v) is 14.5. The van der Waals surface area contributed by atoms with Gasteiger partial charge in [-0.2, -0.15) is 0 Å². The van der Waals surface area contributed by atoms with Crippen LogP contribution in [0.25, 0.3) is 6.08 Å². The van der Waals surface area contributed by atoms with E-state index >= 15 is 0 Å². The van der Waals surface area contributed by atoms with Crippen molar-refractivity contribution >= 4 is 6.08 Å². The van der Waals surface area contributed by atoms with Gasteiger partial charge in [0.1, 0.15) is 18.8 Å². The molecule has 9 nitrogen and oxygen atoms in total. The van der Waals surface area contributed by atoms with Crippen LogP contribution in [-0.2, 0) is 20.8 Å². The van der Waals surface area contributed by atoms with E-state index < -0.39 is 0 Å². The summed E-state index contributed by atoms with van der Waals surface area (Å²) in [6.07, 6.45) is 6.12. The van der Waals surface area contributed by atoms with E-state index in [9.17, 15) is 0 Å². The highest BCUT2D eigenvalue weighted by Gasteiger charge is 2.36. The summed E-state index contributed by atoms with van der Waals surface area (Å²) in [5.41, 5.74) is 2.82. The Hall–Kier alpha value is -3.92. The van der Waals surface area contributed by atoms with E-state index in [1.165, 1.54) is 0 Å². The van der Waals surface area contributed by atoms with Crippen LogP contribution in [-0.4, -0.2) is 60.7 Å². The van der Waals surface area contributed by atoms with Crippen molar-refractivity contribution in [3.05, 3.63) is 77.4 Å². The van der Waals surface area contributed by atoms with Crippen molar-refractivity contribution in [1.29, 1.82) is 0 Å². The van der Waals surface area contributed by atoms with Crippen molar-refractivity contribution in [3.63, 3.8) is 0 Å². The van der Waals surface area contributed by atoms with E-state index in [-0.39, 0.29) is 18.5 Å². The highest BCUT2D eigenvalue weighted by Crippen LogP contribution is 2.44. The van der Waals surface area contributed by atoms with E-state index in [4.69, 9.17) is 42.6 Å². The Morgan fingerprint density at radius 3 is 2.05 bits per heavy atom. The van der Waals surface area contributed by atoms with Crippen molar-refractivity contribution < 1.29 is 42.6 Å².